The molecule has 0 bridgehead atoms. The first-order chi connectivity index (χ1) is 14.5. The third-order valence-electron chi connectivity index (χ3n) is 3.94. The molecule has 0 saturated heterocycles. The minimum atomic E-state index is -0.446. The number of hydrogen-bond acceptors (Lipinski definition) is 5. The first-order valence-corrected chi connectivity index (χ1v) is 9.88. The zero-order chi connectivity index (χ0) is 21.3. The van der Waals surface area contributed by atoms with E-state index >= 15 is 0 Å². The number of carbonyl (C=O) groups is 2. The van der Waals surface area contributed by atoms with Crippen molar-refractivity contribution in [3.8, 4) is 11.5 Å². The lowest BCUT2D eigenvalue weighted by Gasteiger charge is -2.05. The Kier molecular flexibility index (Phi) is 7.34. The number of carbonyl (C=O) groups excluding carboxylic acids is 2. The maximum atomic E-state index is 12.2. The minimum absolute atomic E-state index is 0.134. The van der Waals surface area contributed by atoms with E-state index in [0.29, 0.717) is 17.1 Å². The van der Waals surface area contributed by atoms with Crippen molar-refractivity contribution in [1.82, 2.24) is 5.43 Å². The first kappa shape index (κ1) is 21.3. The second-order valence-corrected chi connectivity index (χ2v) is 7.28. The molecular formula is C23H19BrN2O4. The molecule has 0 heterocycles. The fourth-order valence-corrected chi connectivity index (χ4v) is 2.80. The molecule has 3 aromatic rings. The lowest BCUT2D eigenvalue weighted by Crippen LogP contribution is -2.24. The van der Waals surface area contributed by atoms with E-state index in [1.807, 2.05) is 25.1 Å². The van der Waals surface area contributed by atoms with E-state index in [-0.39, 0.29) is 12.5 Å². The maximum absolute atomic E-state index is 12.2. The van der Waals surface area contributed by atoms with Gasteiger partial charge in [0.25, 0.3) is 5.91 Å². The number of nitrogens with one attached hydrogen (secondary N) is 1. The van der Waals surface area contributed by atoms with Crippen LogP contribution in [0.15, 0.2) is 82.4 Å². The van der Waals surface area contributed by atoms with Gasteiger partial charge in [0, 0.05) is 4.47 Å². The van der Waals surface area contributed by atoms with E-state index in [4.69, 9.17) is 9.47 Å². The van der Waals surface area contributed by atoms with Crippen molar-refractivity contribution in [2.24, 2.45) is 5.10 Å². The highest BCUT2D eigenvalue weighted by Crippen LogP contribution is 2.16. The number of rotatable bonds is 7. The molecule has 0 fully saturated rings. The predicted molar refractivity (Wildman–Crippen MR) is 118 cm³/mol. The third kappa shape index (κ3) is 6.56. The summed E-state index contributed by atoms with van der Waals surface area (Å²) < 4.78 is 11.5. The normalized spacial score (nSPS) is 10.6. The Hall–Kier alpha value is -3.45. The molecule has 0 radical (unpaired) electrons. The molecule has 0 saturated carbocycles. The standard InChI is InChI=1S/C23H19BrN2O4/c1-16-5-9-20(10-6-16)29-15-22(27)26-25-14-17-7-11-21(12-8-17)30-23(28)18-3-2-4-19(24)13-18/h2-14H,15H2,1H3,(H,26,27)/b25-14-. The Morgan fingerprint density at radius 1 is 1.00 bits per heavy atom. The van der Waals surface area contributed by atoms with Gasteiger partial charge in [-0.2, -0.15) is 5.10 Å². The average molecular weight is 467 g/mol. The van der Waals surface area contributed by atoms with Crippen LogP contribution in [-0.2, 0) is 4.79 Å². The molecule has 30 heavy (non-hydrogen) atoms. The van der Waals surface area contributed by atoms with E-state index in [1.54, 1.807) is 54.6 Å². The summed E-state index contributed by atoms with van der Waals surface area (Å²) in [5, 5.41) is 3.90. The van der Waals surface area contributed by atoms with Crippen molar-refractivity contribution < 1.29 is 19.1 Å². The Morgan fingerprint density at radius 2 is 1.70 bits per heavy atom. The molecule has 0 atom stereocenters. The highest BCUT2D eigenvalue weighted by molar-refractivity contribution is 9.10. The zero-order valence-corrected chi connectivity index (χ0v) is 17.8. The highest BCUT2D eigenvalue weighted by atomic mass is 79.9. The molecule has 6 nitrogen and oxygen atoms in total. The van der Waals surface area contributed by atoms with Gasteiger partial charge in [0.05, 0.1) is 11.8 Å². The van der Waals surface area contributed by atoms with Gasteiger partial charge in [-0.1, -0.05) is 39.7 Å². The monoisotopic (exact) mass is 466 g/mol. The van der Waals surface area contributed by atoms with Crippen LogP contribution < -0.4 is 14.9 Å². The van der Waals surface area contributed by atoms with E-state index in [2.05, 4.69) is 26.5 Å². The van der Waals surface area contributed by atoms with Gasteiger partial charge in [0.1, 0.15) is 11.5 Å². The number of amides is 1. The Bertz CT molecular complexity index is 1050. The molecule has 0 aliphatic rings. The van der Waals surface area contributed by atoms with E-state index in [9.17, 15) is 9.59 Å². The Balaban J connectivity index is 1.46. The summed E-state index contributed by atoms with van der Waals surface area (Å²) >= 11 is 3.32. The van der Waals surface area contributed by atoms with Gasteiger partial charge >= 0.3 is 5.97 Å². The molecule has 152 valence electrons. The van der Waals surface area contributed by atoms with Crippen molar-refractivity contribution in [3.05, 3.63) is 94.0 Å². The molecule has 3 aromatic carbocycles. The zero-order valence-electron chi connectivity index (χ0n) is 16.2. The van der Waals surface area contributed by atoms with Gasteiger partial charge in [-0.05, 0) is 67.1 Å². The van der Waals surface area contributed by atoms with Gasteiger partial charge in [-0.25, -0.2) is 10.2 Å². The quantitative estimate of drug-likeness (QED) is 0.240. The van der Waals surface area contributed by atoms with Gasteiger partial charge in [-0.15, -0.1) is 0 Å². The van der Waals surface area contributed by atoms with Crippen LogP contribution in [-0.4, -0.2) is 24.7 Å². The number of nitrogens with zero attached hydrogens (tertiary/aromatic N) is 1. The highest BCUT2D eigenvalue weighted by Gasteiger charge is 2.08. The Labute approximate surface area is 182 Å². The van der Waals surface area contributed by atoms with Crippen LogP contribution in [0.2, 0.25) is 0 Å². The molecular weight excluding hydrogens is 448 g/mol. The number of ether oxygens (including phenoxy) is 2. The number of esters is 1. The molecule has 0 aliphatic carbocycles. The fourth-order valence-electron chi connectivity index (χ4n) is 2.40. The van der Waals surface area contributed by atoms with Crippen LogP contribution in [0.25, 0.3) is 0 Å². The molecule has 0 aliphatic heterocycles. The second kappa shape index (κ2) is 10.4. The number of hydrazone groups is 1. The van der Waals surface area contributed by atoms with Crippen LogP contribution in [0.3, 0.4) is 0 Å². The van der Waals surface area contributed by atoms with Crippen LogP contribution in [0, 0.1) is 6.92 Å². The number of aryl methyl sites for hydroxylation is 1. The molecule has 1 amide bonds. The van der Waals surface area contributed by atoms with E-state index < -0.39 is 5.97 Å². The van der Waals surface area contributed by atoms with Gasteiger partial charge < -0.3 is 9.47 Å². The summed E-state index contributed by atoms with van der Waals surface area (Å²) in [4.78, 5) is 23.9. The first-order valence-electron chi connectivity index (χ1n) is 9.09. The Morgan fingerprint density at radius 3 is 2.40 bits per heavy atom. The number of hydrogen-bond donors (Lipinski definition) is 1. The topological polar surface area (TPSA) is 77.0 Å². The summed E-state index contributed by atoms with van der Waals surface area (Å²) in [5.74, 6) is 0.213. The van der Waals surface area contributed by atoms with Crippen molar-refractivity contribution in [2.75, 3.05) is 6.61 Å². The van der Waals surface area contributed by atoms with Gasteiger partial charge in [0.15, 0.2) is 6.61 Å². The number of halogens is 1. The van der Waals surface area contributed by atoms with Crippen molar-refractivity contribution in [1.29, 1.82) is 0 Å². The van der Waals surface area contributed by atoms with Crippen LogP contribution >= 0.6 is 15.9 Å². The summed E-state index contributed by atoms with van der Waals surface area (Å²) in [6.45, 7) is 1.84. The van der Waals surface area contributed by atoms with E-state index in [1.165, 1.54) is 6.21 Å². The summed E-state index contributed by atoms with van der Waals surface area (Å²) in [6, 6.07) is 21.1. The lowest BCUT2D eigenvalue weighted by molar-refractivity contribution is -0.123. The van der Waals surface area contributed by atoms with Crippen LogP contribution in [0.4, 0.5) is 0 Å². The minimum Gasteiger partial charge on any atom is -0.484 e. The molecule has 0 spiro atoms. The second-order valence-electron chi connectivity index (χ2n) is 6.36. The molecule has 1 N–H and O–H groups in total. The van der Waals surface area contributed by atoms with Crippen molar-refractivity contribution in [3.63, 3.8) is 0 Å². The summed E-state index contributed by atoms with van der Waals surface area (Å²) in [7, 11) is 0. The summed E-state index contributed by atoms with van der Waals surface area (Å²) in [6.07, 6.45) is 1.49. The van der Waals surface area contributed by atoms with Crippen LogP contribution in [0.5, 0.6) is 11.5 Å². The number of benzene rings is 3. The fraction of sp³-hybridized carbons (Fsp3) is 0.0870. The predicted octanol–water partition coefficient (Wildman–Crippen LogP) is 4.51. The SMILES string of the molecule is Cc1ccc(OCC(=O)N/N=C\c2ccc(OC(=O)c3cccc(Br)c3)cc2)cc1. The van der Waals surface area contributed by atoms with Crippen LogP contribution in [0.1, 0.15) is 21.5 Å². The molecule has 0 aromatic heterocycles. The van der Waals surface area contributed by atoms with Crippen molar-refractivity contribution >= 4 is 34.0 Å². The summed E-state index contributed by atoms with van der Waals surface area (Å²) in [5.41, 5.74) is 4.70. The maximum Gasteiger partial charge on any atom is 0.343 e. The smallest absolute Gasteiger partial charge is 0.343 e. The molecule has 7 heteroatoms. The average Bonchev–Trinajstić information content (AvgIpc) is 2.74. The lowest BCUT2D eigenvalue weighted by atomic mass is 10.2. The third-order valence-corrected chi connectivity index (χ3v) is 4.44. The molecule has 3 rings (SSSR count). The van der Waals surface area contributed by atoms with Gasteiger partial charge in [0.2, 0.25) is 0 Å². The largest absolute Gasteiger partial charge is 0.484 e. The van der Waals surface area contributed by atoms with Gasteiger partial charge in [-0.3, -0.25) is 4.79 Å². The van der Waals surface area contributed by atoms with E-state index in [0.717, 1.165) is 15.6 Å². The van der Waals surface area contributed by atoms with Crippen molar-refractivity contribution in [2.45, 2.75) is 6.92 Å². The molecule has 0 unspecified atom stereocenters.